The Labute approximate surface area is 117 Å². The van der Waals surface area contributed by atoms with E-state index in [0.29, 0.717) is 25.6 Å². The molecule has 0 radical (unpaired) electrons. The molecular weight excluding hydrogens is 262 g/mol. The van der Waals surface area contributed by atoms with E-state index in [1.54, 1.807) is 18.4 Å². The van der Waals surface area contributed by atoms with Crippen LogP contribution in [0.25, 0.3) is 10.2 Å². The first kappa shape index (κ1) is 14.2. The molecule has 2 heterocycles. The lowest BCUT2D eigenvalue weighted by Crippen LogP contribution is -2.08. The maximum atomic E-state index is 5.47. The molecule has 6 heteroatoms. The second kappa shape index (κ2) is 7.37. The summed E-state index contributed by atoms with van der Waals surface area (Å²) in [5, 5.41) is 6.46. The highest BCUT2D eigenvalue weighted by Gasteiger charge is 2.08. The van der Waals surface area contributed by atoms with Crippen LogP contribution in [0.2, 0.25) is 0 Å². The summed E-state index contributed by atoms with van der Waals surface area (Å²) in [6.45, 7) is 4.60. The first-order valence-electron chi connectivity index (χ1n) is 6.39. The van der Waals surface area contributed by atoms with Crippen molar-refractivity contribution in [3.63, 3.8) is 0 Å². The fourth-order valence-electron chi connectivity index (χ4n) is 1.65. The van der Waals surface area contributed by atoms with Crippen molar-refractivity contribution in [2.45, 2.75) is 20.0 Å². The summed E-state index contributed by atoms with van der Waals surface area (Å²) < 4.78 is 10.4. The Morgan fingerprint density at radius 3 is 3.00 bits per heavy atom. The largest absolute Gasteiger partial charge is 0.382 e. The zero-order chi connectivity index (χ0) is 13.5. The number of rotatable bonds is 8. The molecule has 2 aromatic rings. The number of anilines is 1. The number of nitrogens with one attached hydrogen (secondary N) is 1. The minimum atomic E-state index is 0.415. The van der Waals surface area contributed by atoms with Gasteiger partial charge in [-0.05, 0) is 17.9 Å². The molecule has 2 rings (SSSR count). The summed E-state index contributed by atoms with van der Waals surface area (Å²) in [5.74, 6) is 1.61. The molecule has 0 aliphatic carbocycles. The Kier molecular flexibility index (Phi) is 5.50. The van der Waals surface area contributed by atoms with Gasteiger partial charge in [-0.3, -0.25) is 0 Å². The molecule has 0 aliphatic heterocycles. The quantitative estimate of drug-likeness (QED) is 0.754. The number of aromatic nitrogens is 2. The number of methoxy groups -OCH3 is 1. The zero-order valence-electron chi connectivity index (χ0n) is 11.3. The molecule has 1 N–H and O–H groups in total. The molecule has 0 aliphatic rings. The summed E-state index contributed by atoms with van der Waals surface area (Å²) in [4.78, 5) is 10.0. The van der Waals surface area contributed by atoms with E-state index < -0.39 is 0 Å². The van der Waals surface area contributed by atoms with Gasteiger partial charge in [-0.1, -0.05) is 6.92 Å². The van der Waals surface area contributed by atoms with Gasteiger partial charge in [-0.15, -0.1) is 11.3 Å². The van der Waals surface area contributed by atoms with Crippen molar-refractivity contribution in [3.05, 3.63) is 17.3 Å². The van der Waals surface area contributed by atoms with Gasteiger partial charge in [0.2, 0.25) is 0 Å². The smallest absolute Gasteiger partial charge is 0.158 e. The molecule has 0 spiro atoms. The first-order valence-corrected chi connectivity index (χ1v) is 7.27. The number of thiophene rings is 1. The molecule has 0 aromatic carbocycles. The number of nitrogens with zero attached hydrogens (tertiary/aromatic N) is 2. The molecule has 0 saturated carbocycles. The molecule has 19 heavy (non-hydrogen) atoms. The molecule has 0 unspecified atom stereocenters. The van der Waals surface area contributed by atoms with E-state index in [1.165, 1.54) is 0 Å². The lowest BCUT2D eigenvalue weighted by molar-refractivity contribution is 0.0588. The Balaban J connectivity index is 2.10. The Hall–Kier alpha value is -1.24. The molecule has 0 fully saturated rings. The minimum absolute atomic E-state index is 0.415. The molecule has 0 saturated heterocycles. The van der Waals surface area contributed by atoms with Gasteiger partial charge in [0, 0.05) is 13.7 Å². The van der Waals surface area contributed by atoms with E-state index in [2.05, 4.69) is 22.2 Å². The van der Waals surface area contributed by atoms with Gasteiger partial charge in [-0.2, -0.15) is 0 Å². The van der Waals surface area contributed by atoms with Gasteiger partial charge in [-0.25, -0.2) is 9.97 Å². The van der Waals surface area contributed by atoms with Crippen LogP contribution in [0.3, 0.4) is 0 Å². The van der Waals surface area contributed by atoms with E-state index in [1.807, 2.05) is 11.4 Å². The second-order valence-electron chi connectivity index (χ2n) is 4.10. The van der Waals surface area contributed by atoms with Crippen LogP contribution in [-0.4, -0.2) is 36.8 Å². The van der Waals surface area contributed by atoms with E-state index in [9.17, 15) is 0 Å². The Bertz CT molecular complexity index is 516. The van der Waals surface area contributed by atoms with Gasteiger partial charge in [0.1, 0.15) is 17.3 Å². The van der Waals surface area contributed by atoms with Crippen molar-refractivity contribution in [3.8, 4) is 0 Å². The van der Waals surface area contributed by atoms with Crippen molar-refractivity contribution in [1.29, 1.82) is 0 Å². The van der Waals surface area contributed by atoms with E-state index in [0.717, 1.165) is 29.0 Å². The van der Waals surface area contributed by atoms with Gasteiger partial charge >= 0.3 is 0 Å². The first-order chi connectivity index (χ1) is 9.35. The molecule has 0 bridgehead atoms. The third-order valence-electron chi connectivity index (χ3n) is 2.58. The van der Waals surface area contributed by atoms with Crippen LogP contribution < -0.4 is 5.32 Å². The van der Waals surface area contributed by atoms with Crippen molar-refractivity contribution >= 4 is 27.4 Å². The highest BCUT2D eigenvalue weighted by atomic mass is 32.1. The molecule has 104 valence electrons. The Morgan fingerprint density at radius 1 is 1.32 bits per heavy atom. The van der Waals surface area contributed by atoms with Gasteiger partial charge in [0.15, 0.2) is 5.82 Å². The summed E-state index contributed by atoms with van der Waals surface area (Å²) in [7, 11) is 1.66. The van der Waals surface area contributed by atoms with Gasteiger partial charge in [0.25, 0.3) is 0 Å². The van der Waals surface area contributed by atoms with Gasteiger partial charge in [0.05, 0.1) is 18.6 Å². The fourth-order valence-corrected chi connectivity index (χ4v) is 2.43. The number of ether oxygens (including phenoxy) is 2. The number of hydrogen-bond donors (Lipinski definition) is 1. The highest BCUT2D eigenvalue weighted by molar-refractivity contribution is 7.16. The van der Waals surface area contributed by atoms with Crippen LogP contribution in [0.5, 0.6) is 0 Å². The summed E-state index contributed by atoms with van der Waals surface area (Å²) in [6, 6.07) is 2.05. The summed E-state index contributed by atoms with van der Waals surface area (Å²) >= 11 is 1.62. The third kappa shape index (κ3) is 3.86. The lowest BCUT2D eigenvalue weighted by Gasteiger charge is -2.08. The summed E-state index contributed by atoms with van der Waals surface area (Å²) in [6.07, 6.45) is 1.06. The van der Waals surface area contributed by atoms with Crippen LogP contribution in [0.1, 0.15) is 19.2 Å². The molecule has 2 aromatic heterocycles. The molecule has 5 nitrogen and oxygen atoms in total. The number of hydrogen-bond acceptors (Lipinski definition) is 6. The minimum Gasteiger partial charge on any atom is -0.382 e. The lowest BCUT2D eigenvalue weighted by atomic mass is 10.3. The monoisotopic (exact) mass is 281 g/mol. The average molecular weight is 281 g/mol. The van der Waals surface area contributed by atoms with Crippen LogP contribution in [0.4, 0.5) is 5.82 Å². The molecular formula is C13H19N3O2S. The predicted molar refractivity (Wildman–Crippen MR) is 77.7 cm³/mol. The molecule has 0 amide bonds. The standard InChI is InChI=1S/C13H19N3O2S/c1-3-5-14-12-10-4-8-19-13(10)16-11(15-12)9-18-7-6-17-2/h4,8H,3,5-7,9H2,1-2H3,(H,14,15,16). The SMILES string of the molecule is CCCNc1nc(COCCOC)nc2sccc12. The Morgan fingerprint density at radius 2 is 2.21 bits per heavy atom. The maximum absolute atomic E-state index is 5.47. The fraction of sp³-hybridized carbons (Fsp3) is 0.538. The second-order valence-corrected chi connectivity index (χ2v) is 4.99. The van der Waals surface area contributed by atoms with Crippen molar-refractivity contribution in [2.24, 2.45) is 0 Å². The maximum Gasteiger partial charge on any atom is 0.158 e. The van der Waals surface area contributed by atoms with E-state index >= 15 is 0 Å². The summed E-state index contributed by atoms with van der Waals surface area (Å²) in [5.41, 5.74) is 0. The van der Waals surface area contributed by atoms with Crippen LogP contribution in [-0.2, 0) is 16.1 Å². The number of fused-ring (bicyclic) bond motifs is 1. The zero-order valence-corrected chi connectivity index (χ0v) is 12.1. The normalized spacial score (nSPS) is 11.1. The van der Waals surface area contributed by atoms with Crippen LogP contribution in [0.15, 0.2) is 11.4 Å². The predicted octanol–water partition coefficient (Wildman–Crippen LogP) is 2.68. The van der Waals surface area contributed by atoms with Crippen LogP contribution in [0, 0.1) is 0 Å². The van der Waals surface area contributed by atoms with E-state index in [4.69, 9.17) is 9.47 Å². The van der Waals surface area contributed by atoms with Gasteiger partial charge < -0.3 is 14.8 Å². The average Bonchev–Trinajstić information content (AvgIpc) is 2.89. The molecule has 0 atom stereocenters. The topological polar surface area (TPSA) is 56.3 Å². The van der Waals surface area contributed by atoms with Crippen molar-refractivity contribution in [1.82, 2.24) is 9.97 Å². The van der Waals surface area contributed by atoms with Crippen LogP contribution >= 0.6 is 11.3 Å². The van der Waals surface area contributed by atoms with Crippen molar-refractivity contribution < 1.29 is 9.47 Å². The third-order valence-corrected chi connectivity index (χ3v) is 3.38. The van der Waals surface area contributed by atoms with Crippen molar-refractivity contribution in [2.75, 3.05) is 32.2 Å². The van der Waals surface area contributed by atoms with E-state index in [-0.39, 0.29) is 0 Å². The highest BCUT2D eigenvalue weighted by Crippen LogP contribution is 2.25.